The predicted octanol–water partition coefficient (Wildman–Crippen LogP) is 15.1. The second-order valence-corrected chi connectivity index (χ2v) is 16.4. The molecule has 62 heavy (non-hydrogen) atoms. The van der Waals surface area contributed by atoms with E-state index in [1.807, 2.05) is 0 Å². The number of anilines is 1. The van der Waals surface area contributed by atoms with Crippen LogP contribution in [0.25, 0.3) is 87.7 Å². The Hall–Kier alpha value is -8.21. The van der Waals surface area contributed by atoms with E-state index in [1.54, 1.807) is 0 Å². The molecule has 0 saturated carbocycles. The first kappa shape index (κ1) is 34.6. The molecule has 10 aromatic carbocycles. The third-order valence-electron chi connectivity index (χ3n) is 12.9. The molecule has 0 bridgehead atoms. The van der Waals surface area contributed by atoms with Gasteiger partial charge in [0.2, 0.25) is 0 Å². The summed E-state index contributed by atoms with van der Waals surface area (Å²) in [7, 11) is 0. The fraction of sp³-hybridized carbons (Fsp3) is 0.0172. The van der Waals surface area contributed by atoms with Crippen molar-refractivity contribution in [3.8, 4) is 22.5 Å². The lowest BCUT2D eigenvalue weighted by atomic mass is 9.94. The third-order valence-corrected chi connectivity index (χ3v) is 12.9. The van der Waals surface area contributed by atoms with Crippen LogP contribution in [-0.2, 0) is 0 Å². The molecule has 0 radical (unpaired) electrons. The zero-order valence-corrected chi connectivity index (χ0v) is 33.7. The molecule has 290 valence electrons. The number of aliphatic imine (C=N–C) groups is 1. The summed E-state index contributed by atoms with van der Waals surface area (Å²) in [6.45, 7) is 0. The van der Waals surface area contributed by atoms with Crippen molar-refractivity contribution in [3.05, 3.63) is 230 Å². The number of benzene rings is 10. The lowest BCUT2D eigenvalue weighted by molar-refractivity contribution is 1.01. The van der Waals surface area contributed by atoms with Gasteiger partial charge in [-0.15, -0.1) is 0 Å². The third kappa shape index (κ3) is 5.23. The van der Waals surface area contributed by atoms with Gasteiger partial charge in [-0.1, -0.05) is 158 Å². The van der Waals surface area contributed by atoms with Crippen LogP contribution in [0.4, 0.5) is 11.4 Å². The van der Waals surface area contributed by atoms with E-state index in [0.717, 1.165) is 45.1 Å². The Kier molecular flexibility index (Phi) is 7.63. The van der Waals surface area contributed by atoms with Crippen molar-refractivity contribution in [1.29, 1.82) is 0 Å². The highest BCUT2D eigenvalue weighted by Crippen LogP contribution is 2.46. The first-order valence-corrected chi connectivity index (χ1v) is 21.3. The molecule has 1 N–H and O–H groups in total. The first-order valence-electron chi connectivity index (χ1n) is 21.3. The summed E-state index contributed by atoms with van der Waals surface area (Å²) < 4.78 is 4.94. The van der Waals surface area contributed by atoms with Gasteiger partial charge in [-0.2, -0.15) is 0 Å². The molecule has 2 aromatic heterocycles. The number of hydrogen-bond acceptors (Lipinski definition) is 2. The zero-order chi connectivity index (χ0) is 40.7. The molecule has 1 unspecified atom stereocenters. The fourth-order valence-corrected chi connectivity index (χ4v) is 10.2. The summed E-state index contributed by atoms with van der Waals surface area (Å²) in [5.74, 6) is 0. The number of fused-ring (bicyclic) bond motifs is 11. The lowest BCUT2D eigenvalue weighted by Gasteiger charge is -2.28. The van der Waals surface area contributed by atoms with Crippen LogP contribution in [0.1, 0.15) is 17.2 Å². The Balaban J connectivity index is 1.11. The van der Waals surface area contributed by atoms with Crippen LogP contribution in [0.15, 0.2) is 223 Å². The van der Waals surface area contributed by atoms with Crippen molar-refractivity contribution in [2.24, 2.45) is 4.99 Å². The lowest BCUT2D eigenvalue weighted by Crippen LogP contribution is -2.24. The van der Waals surface area contributed by atoms with E-state index in [1.165, 1.54) is 70.8 Å². The monoisotopic (exact) mass is 790 g/mol. The smallest absolute Gasteiger partial charge is 0.0947 e. The molecule has 1 aliphatic heterocycles. The van der Waals surface area contributed by atoms with Crippen LogP contribution in [-0.4, -0.2) is 14.8 Å². The van der Waals surface area contributed by atoms with E-state index < -0.39 is 0 Å². The van der Waals surface area contributed by atoms with E-state index in [-0.39, 0.29) is 6.04 Å². The molecule has 3 heterocycles. The van der Waals surface area contributed by atoms with E-state index in [9.17, 15) is 0 Å². The minimum atomic E-state index is -0.121. The minimum absolute atomic E-state index is 0.121. The summed E-state index contributed by atoms with van der Waals surface area (Å²) in [4.78, 5) is 5.24. The van der Waals surface area contributed by atoms with Gasteiger partial charge in [0.25, 0.3) is 0 Å². The van der Waals surface area contributed by atoms with Gasteiger partial charge in [0.15, 0.2) is 0 Å². The second-order valence-electron chi connectivity index (χ2n) is 16.4. The minimum Gasteiger partial charge on any atom is -0.371 e. The van der Waals surface area contributed by atoms with Crippen molar-refractivity contribution >= 4 is 82.2 Å². The zero-order valence-electron chi connectivity index (χ0n) is 33.7. The summed E-state index contributed by atoms with van der Waals surface area (Å²) in [5.41, 5.74) is 14.6. The maximum absolute atomic E-state index is 5.24. The largest absolute Gasteiger partial charge is 0.371 e. The molecule has 0 spiro atoms. The van der Waals surface area contributed by atoms with Crippen LogP contribution < -0.4 is 5.32 Å². The van der Waals surface area contributed by atoms with Crippen molar-refractivity contribution in [1.82, 2.24) is 9.13 Å². The second kappa shape index (κ2) is 13.7. The average Bonchev–Trinajstić information content (AvgIpc) is 3.85. The van der Waals surface area contributed by atoms with E-state index in [4.69, 9.17) is 4.99 Å². The van der Waals surface area contributed by atoms with E-state index >= 15 is 0 Å². The molecular weight excluding hydrogens is 753 g/mol. The topological polar surface area (TPSA) is 34.2 Å². The molecule has 12 aromatic rings. The van der Waals surface area contributed by atoms with Crippen LogP contribution >= 0.6 is 0 Å². The van der Waals surface area contributed by atoms with Crippen molar-refractivity contribution in [2.75, 3.05) is 5.32 Å². The van der Waals surface area contributed by atoms with Gasteiger partial charge in [-0.25, -0.2) is 4.99 Å². The van der Waals surface area contributed by atoms with Crippen LogP contribution in [0.5, 0.6) is 0 Å². The van der Waals surface area contributed by atoms with E-state index in [2.05, 4.69) is 233 Å². The van der Waals surface area contributed by atoms with Crippen molar-refractivity contribution in [2.45, 2.75) is 6.04 Å². The Bertz CT molecular complexity index is 3750. The quantitative estimate of drug-likeness (QED) is 0.185. The molecule has 1 aliphatic rings. The van der Waals surface area contributed by atoms with Gasteiger partial charge in [-0.3, -0.25) is 0 Å². The van der Waals surface area contributed by atoms with E-state index in [0.29, 0.717) is 0 Å². The van der Waals surface area contributed by atoms with Gasteiger partial charge in [0.05, 0.1) is 45.2 Å². The van der Waals surface area contributed by atoms with Crippen molar-refractivity contribution in [3.63, 3.8) is 0 Å². The molecule has 0 amide bonds. The number of nitrogens with one attached hydrogen (secondary N) is 1. The molecule has 4 heteroatoms. The number of hydrogen-bond donors (Lipinski definition) is 1. The van der Waals surface area contributed by atoms with Crippen LogP contribution in [0.2, 0.25) is 0 Å². The van der Waals surface area contributed by atoms with Gasteiger partial charge < -0.3 is 14.5 Å². The summed E-state index contributed by atoms with van der Waals surface area (Å²) in [5, 5.41) is 13.8. The highest BCUT2D eigenvalue weighted by molar-refractivity contribution is 6.29. The normalized spacial score (nSPS) is 13.9. The number of nitrogens with zero attached hydrogens (tertiary/aromatic N) is 3. The Labute approximate surface area is 358 Å². The molecule has 1 atom stereocenters. The Morgan fingerprint density at radius 1 is 0.387 bits per heavy atom. The van der Waals surface area contributed by atoms with Gasteiger partial charge in [0, 0.05) is 32.9 Å². The SMILES string of the molecule is c1ccc(C2=Nc3ccccc3NC2c2ccc(-n3c4cc5c(cc4c4c6ccccc6c(-c6ccccc6)cc43)c3c4ccccc4ccc3n5-c3ccccc3)cc2)cc1. The maximum atomic E-state index is 5.24. The first-order chi connectivity index (χ1) is 30.8. The molecule has 0 saturated heterocycles. The molecule has 0 aliphatic carbocycles. The molecule has 0 fully saturated rings. The standard InChI is InChI=1S/C58H38N4/c1-4-16-37(17-5-1)46-35-54-56(45-25-13-12-24-44(45)46)48-34-47-52(61(41-21-8-3-9-22-41)51-33-30-38-18-10-11-23-43(38)55(47)51)36-53(48)62(54)42-31-28-40(29-32-42)58-57(39-19-6-2-7-20-39)59-49-26-14-15-27-50(49)60-58/h1-36,58,60H. The predicted molar refractivity (Wildman–Crippen MR) is 261 cm³/mol. The van der Waals surface area contributed by atoms with Gasteiger partial charge in [-0.05, 0) is 104 Å². The van der Waals surface area contributed by atoms with Crippen LogP contribution in [0, 0.1) is 0 Å². The Morgan fingerprint density at radius 2 is 0.968 bits per heavy atom. The Morgan fingerprint density at radius 3 is 1.73 bits per heavy atom. The number of rotatable bonds is 5. The summed E-state index contributed by atoms with van der Waals surface area (Å²) >= 11 is 0. The molecular formula is C58H38N4. The van der Waals surface area contributed by atoms with Crippen LogP contribution in [0.3, 0.4) is 0 Å². The number of aromatic nitrogens is 2. The van der Waals surface area contributed by atoms with Gasteiger partial charge in [0.1, 0.15) is 0 Å². The highest BCUT2D eigenvalue weighted by Gasteiger charge is 2.27. The maximum Gasteiger partial charge on any atom is 0.0947 e. The molecule has 4 nitrogen and oxygen atoms in total. The van der Waals surface area contributed by atoms with Gasteiger partial charge >= 0.3 is 0 Å². The summed E-state index contributed by atoms with van der Waals surface area (Å²) in [6.07, 6.45) is 0. The fourth-order valence-electron chi connectivity index (χ4n) is 10.2. The summed E-state index contributed by atoms with van der Waals surface area (Å²) in [6, 6.07) is 79.2. The highest BCUT2D eigenvalue weighted by atomic mass is 15.0. The molecule has 13 rings (SSSR count). The number of para-hydroxylation sites is 3. The van der Waals surface area contributed by atoms with Crippen molar-refractivity contribution < 1.29 is 0 Å². The average molecular weight is 791 g/mol.